The minimum Gasteiger partial charge on any atom is -0.351 e. The predicted octanol–water partition coefficient (Wildman–Crippen LogP) is 2.20. The summed E-state index contributed by atoms with van der Waals surface area (Å²) in [5.74, 6) is -0.890. The molecule has 0 aliphatic rings. The van der Waals surface area contributed by atoms with Crippen LogP contribution in [0.3, 0.4) is 0 Å². The number of carbonyl (C=O) groups excluding carboxylic acids is 2. The molecule has 2 amide bonds. The Kier molecular flexibility index (Phi) is 8.00. The van der Waals surface area contributed by atoms with Gasteiger partial charge in [0.05, 0.1) is 4.90 Å². The SMILES string of the molecule is CN(C)CCNC(=O)c1ccc(-c2cccc(S(=O)(=O)n3ccc(/C=C/C(=O)NO)c3)c2)cc1. The number of likely N-dealkylation sites (N-methyl/N-ethyl adjacent to an activating group) is 1. The molecule has 1 heterocycles. The maximum atomic E-state index is 13.1. The molecule has 0 aliphatic heterocycles. The molecule has 0 saturated carbocycles. The number of carbonyl (C=O) groups is 2. The Balaban J connectivity index is 1.78. The van der Waals surface area contributed by atoms with E-state index >= 15 is 0 Å². The Morgan fingerprint density at radius 1 is 1.06 bits per heavy atom. The van der Waals surface area contributed by atoms with Gasteiger partial charge in [0, 0.05) is 37.1 Å². The third kappa shape index (κ3) is 6.19. The molecular weight excluding hydrogens is 456 g/mol. The highest BCUT2D eigenvalue weighted by molar-refractivity contribution is 7.90. The van der Waals surface area contributed by atoms with Crippen LogP contribution in [-0.2, 0) is 14.8 Å². The highest BCUT2D eigenvalue weighted by Gasteiger charge is 2.17. The van der Waals surface area contributed by atoms with Crippen molar-refractivity contribution in [2.75, 3.05) is 27.2 Å². The predicted molar refractivity (Wildman–Crippen MR) is 129 cm³/mol. The van der Waals surface area contributed by atoms with Gasteiger partial charge in [0.1, 0.15) is 0 Å². The fourth-order valence-corrected chi connectivity index (χ4v) is 4.37. The van der Waals surface area contributed by atoms with Crippen LogP contribution in [0.25, 0.3) is 17.2 Å². The lowest BCUT2D eigenvalue weighted by Crippen LogP contribution is -2.31. The van der Waals surface area contributed by atoms with Gasteiger partial charge in [-0.15, -0.1) is 0 Å². The molecule has 3 N–H and O–H groups in total. The largest absolute Gasteiger partial charge is 0.351 e. The van der Waals surface area contributed by atoms with Crippen molar-refractivity contribution in [3.63, 3.8) is 0 Å². The summed E-state index contributed by atoms with van der Waals surface area (Å²) in [6.45, 7) is 1.28. The lowest BCUT2D eigenvalue weighted by Gasteiger charge is -2.11. The van der Waals surface area contributed by atoms with Crippen LogP contribution in [0, 0.1) is 0 Å². The number of hydrogen-bond donors (Lipinski definition) is 3. The summed E-state index contributed by atoms with van der Waals surface area (Å²) in [4.78, 5) is 25.5. The summed E-state index contributed by atoms with van der Waals surface area (Å²) in [6, 6.07) is 15.0. The van der Waals surface area contributed by atoms with E-state index in [9.17, 15) is 18.0 Å². The van der Waals surface area contributed by atoms with Gasteiger partial charge in [-0.1, -0.05) is 24.3 Å². The van der Waals surface area contributed by atoms with Crippen molar-refractivity contribution in [2.45, 2.75) is 4.90 Å². The summed E-state index contributed by atoms with van der Waals surface area (Å²) in [5, 5.41) is 11.4. The van der Waals surface area contributed by atoms with Gasteiger partial charge in [-0.2, -0.15) is 0 Å². The number of aromatic nitrogens is 1. The number of nitrogens with one attached hydrogen (secondary N) is 2. The lowest BCUT2D eigenvalue weighted by molar-refractivity contribution is -0.124. The average Bonchev–Trinajstić information content (AvgIpc) is 3.32. The van der Waals surface area contributed by atoms with E-state index in [1.807, 2.05) is 19.0 Å². The maximum absolute atomic E-state index is 13.1. The average molecular weight is 483 g/mol. The van der Waals surface area contributed by atoms with Crippen LogP contribution in [0.15, 0.2) is 78.0 Å². The fourth-order valence-electron chi connectivity index (χ4n) is 3.12. The number of benzene rings is 2. The normalized spacial score (nSPS) is 11.6. The van der Waals surface area contributed by atoms with Crippen molar-refractivity contribution in [3.8, 4) is 11.1 Å². The first kappa shape index (κ1) is 24.9. The second kappa shape index (κ2) is 10.9. The molecule has 2 aromatic carbocycles. The van der Waals surface area contributed by atoms with Crippen LogP contribution >= 0.6 is 0 Å². The zero-order valence-electron chi connectivity index (χ0n) is 18.8. The molecule has 0 saturated heterocycles. The molecule has 3 aromatic rings. The minimum absolute atomic E-state index is 0.0923. The van der Waals surface area contributed by atoms with Crippen LogP contribution in [0.5, 0.6) is 0 Å². The monoisotopic (exact) mass is 482 g/mol. The van der Waals surface area contributed by atoms with Gasteiger partial charge in [-0.05, 0) is 67.2 Å². The molecule has 0 atom stereocenters. The van der Waals surface area contributed by atoms with Crippen molar-refractivity contribution in [2.24, 2.45) is 0 Å². The Morgan fingerprint density at radius 2 is 1.79 bits per heavy atom. The van der Waals surface area contributed by atoms with Crippen LogP contribution in [0.1, 0.15) is 15.9 Å². The number of hydroxylamine groups is 1. The van der Waals surface area contributed by atoms with Gasteiger partial charge in [0.15, 0.2) is 0 Å². The molecular formula is C24H26N4O5S. The molecule has 9 nitrogen and oxygen atoms in total. The Bertz CT molecular complexity index is 1290. The van der Waals surface area contributed by atoms with E-state index in [-0.39, 0.29) is 10.8 Å². The van der Waals surface area contributed by atoms with Crippen LogP contribution < -0.4 is 10.8 Å². The highest BCUT2D eigenvalue weighted by Crippen LogP contribution is 2.24. The standard InChI is InChI=1S/C24H26N4O5S/c1-27(2)15-13-25-24(30)20-9-7-19(8-10-20)21-4-3-5-22(16-21)34(32,33)28-14-12-18(17-28)6-11-23(29)26-31/h3-12,14,16-17,31H,13,15H2,1-2H3,(H,25,30)(H,26,29)/b11-6+. The highest BCUT2D eigenvalue weighted by atomic mass is 32.2. The van der Waals surface area contributed by atoms with E-state index in [2.05, 4.69) is 5.32 Å². The quantitative estimate of drug-likeness (QED) is 0.244. The summed E-state index contributed by atoms with van der Waals surface area (Å²) < 4.78 is 27.2. The minimum atomic E-state index is -3.87. The molecule has 1 aromatic heterocycles. The van der Waals surface area contributed by atoms with Gasteiger partial charge in [0.25, 0.3) is 21.8 Å². The first-order chi connectivity index (χ1) is 16.2. The van der Waals surface area contributed by atoms with E-state index in [1.165, 1.54) is 36.1 Å². The van der Waals surface area contributed by atoms with Gasteiger partial charge in [0.2, 0.25) is 0 Å². The summed E-state index contributed by atoms with van der Waals surface area (Å²) in [6.07, 6.45) is 5.21. The van der Waals surface area contributed by atoms with Crippen LogP contribution in [-0.4, -0.2) is 61.5 Å². The zero-order valence-corrected chi connectivity index (χ0v) is 19.6. The number of amides is 2. The molecule has 178 valence electrons. The Labute approximate surface area is 198 Å². The second-order valence-corrected chi connectivity index (χ2v) is 9.60. The number of nitrogens with zero attached hydrogens (tertiary/aromatic N) is 2. The third-order valence-corrected chi connectivity index (χ3v) is 6.59. The number of rotatable bonds is 9. The first-order valence-corrected chi connectivity index (χ1v) is 11.8. The second-order valence-electron chi connectivity index (χ2n) is 7.75. The number of hydrogen-bond acceptors (Lipinski definition) is 6. The van der Waals surface area contributed by atoms with Gasteiger partial charge in [-0.25, -0.2) is 17.9 Å². The van der Waals surface area contributed by atoms with E-state index in [0.29, 0.717) is 23.2 Å². The Hall–Kier alpha value is -3.73. The van der Waals surface area contributed by atoms with Crippen LogP contribution in [0.2, 0.25) is 0 Å². The van der Waals surface area contributed by atoms with E-state index in [1.54, 1.807) is 42.5 Å². The molecule has 0 unspecified atom stereocenters. The van der Waals surface area contributed by atoms with Crippen molar-refractivity contribution >= 4 is 27.9 Å². The molecule has 3 rings (SSSR count). The molecule has 0 radical (unpaired) electrons. The molecule has 10 heteroatoms. The zero-order chi connectivity index (χ0) is 24.7. The Morgan fingerprint density at radius 3 is 2.47 bits per heavy atom. The molecule has 0 aliphatic carbocycles. The smallest absolute Gasteiger partial charge is 0.267 e. The molecule has 0 spiro atoms. The summed E-state index contributed by atoms with van der Waals surface area (Å²) in [5.41, 5.74) is 3.92. The molecule has 0 fully saturated rings. The molecule has 0 bridgehead atoms. The van der Waals surface area contributed by atoms with Crippen molar-refractivity contribution in [1.29, 1.82) is 0 Å². The maximum Gasteiger partial charge on any atom is 0.267 e. The van der Waals surface area contributed by atoms with E-state index in [0.717, 1.165) is 22.2 Å². The lowest BCUT2D eigenvalue weighted by atomic mass is 10.0. The fraction of sp³-hybridized carbons (Fsp3) is 0.167. The van der Waals surface area contributed by atoms with Gasteiger partial charge >= 0.3 is 0 Å². The molecule has 34 heavy (non-hydrogen) atoms. The summed E-state index contributed by atoms with van der Waals surface area (Å²) >= 11 is 0. The van der Waals surface area contributed by atoms with Crippen molar-refractivity contribution < 1.29 is 23.2 Å². The third-order valence-electron chi connectivity index (χ3n) is 4.96. The van der Waals surface area contributed by atoms with E-state index in [4.69, 9.17) is 5.21 Å². The summed E-state index contributed by atoms with van der Waals surface area (Å²) in [7, 11) is -0.00454. The van der Waals surface area contributed by atoms with Crippen molar-refractivity contribution in [1.82, 2.24) is 19.7 Å². The van der Waals surface area contributed by atoms with Crippen molar-refractivity contribution in [3.05, 3.63) is 84.2 Å². The van der Waals surface area contributed by atoms with E-state index < -0.39 is 15.9 Å². The van der Waals surface area contributed by atoms with Crippen LogP contribution in [0.4, 0.5) is 0 Å². The van der Waals surface area contributed by atoms with Gasteiger partial charge in [-0.3, -0.25) is 14.8 Å². The topological polar surface area (TPSA) is 121 Å². The first-order valence-electron chi connectivity index (χ1n) is 10.4. The van der Waals surface area contributed by atoms with Gasteiger partial charge < -0.3 is 10.2 Å².